The standard InChI is InChI=1S/C12H12BrFN2S/c1-8-16-10(7-17-8)6-15-5-9-3-2-4-11(14)12(9)13/h2-4,7,15H,5-6H2,1H3. The first-order valence-corrected chi connectivity index (χ1v) is 6.88. The van der Waals surface area contributed by atoms with Gasteiger partial charge in [0, 0.05) is 18.5 Å². The highest BCUT2D eigenvalue weighted by Crippen LogP contribution is 2.20. The SMILES string of the molecule is Cc1nc(CNCc2cccc(F)c2Br)cs1. The molecule has 1 N–H and O–H groups in total. The van der Waals surface area contributed by atoms with Crippen molar-refractivity contribution < 1.29 is 4.39 Å². The Balaban J connectivity index is 1.92. The van der Waals surface area contributed by atoms with Gasteiger partial charge in [0.2, 0.25) is 0 Å². The number of benzene rings is 1. The zero-order valence-corrected chi connectivity index (χ0v) is 11.7. The van der Waals surface area contributed by atoms with E-state index < -0.39 is 0 Å². The Morgan fingerprint density at radius 3 is 2.94 bits per heavy atom. The maximum absolute atomic E-state index is 13.2. The Labute approximate surface area is 112 Å². The molecule has 1 aromatic heterocycles. The van der Waals surface area contributed by atoms with Crippen LogP contribution in [0.25, 0.3) is 0 Å². The molecule has 0 aliphatic carbocycles. The molecule has 90 valence electrons. The van der Waals surface area contributed by atoms with E-state index in [0.717, 1.165) is 16.3 Å². The van der Waals surface area contributed by atoms with E-state index in [1.54, 1.807) is 17.4 Å². The third-order valence-electron chi connectivity index (χ3n) is 2.32. The fourth-order valence-electron chi connectivity index (χ4n) is 1.50. The van der Waals surface area contributed by atoms with Gasteiger partial charge in [0.15, 0.2) is 0 Å². The Kier molecular flexibility index (Phi) is 4.25. The number of aromatic nitrogens is 1. The van der Waals surface area contributed by atoms with Gasteiger partial charge in [0.05, 0.1) is 15.2 Å². The summed E-state index contributed by atoms with van der Waals surface area (Å²) < 4.78 is 13.8. The van der Waals surface area contributed by atoms with Gasteiger partial charge in [0.25, 0.3) is 0 Å². The summed E-state index contributed by atoms with van der Waals surface area (Å²) in [4.78, 5) is 4.35. The third-order valence-corrected chi connectivity index (χ3v) is 4.03. The lowest BCUT2D eigenvalue weighted by molar-refractivity contribution is 0.611. The molecule has 0 bridgehead atoms. The monoisotopic (exact) mass is 314 g/mol. The van der Waals surface area contributed by atoms with Gasteiger partial charge in [-0.2, -0.15) is 0 Å². The molecule has 0 radical (unpaired) electrons. The minimum absolute atomic E-state index is 0.228. The van der Waals surface area contributed by atoms with Crippen molar-refractivity contribution in [2.24, 2.45) is 0 Å². The van der Waals surface area contributed by atoms with E-state index in [4.69, 9.17) is 0 Å². The summed E-state index contributed by atoms with van der Waals surface area (Å²) in [6.45, 7) is 3.31. The number of thiazole rings is 1. The molecule has 0 atom stereocenters. The van der Waals surface area contributed by atoms with Crippen LogP contribution in [0.4, 0.5) is 4.39 Å². The lowest BCUT2D eigenvalue weighted by atomic mass is 10.2. The van der Waals surface area contributed by atoms with Crippen LogP contribution in [0.5, 0.6) is 0 Å². The van der Waals surface area contributed by atoms with Crippen molar-refractivity contribution in [3.05, 3.63) is 50.1 Å². The zero-order valence-electron chi connectivity index (χ0n) is 9.34. The number of hydrogen-bond donors (Lipinski definition) is 1. The van der Waals surface area contributed by atoms with Gasteiger partial charge in [-0.15, -0.1) is 11.3 Å². The first-order chi connectivity index (χ1) is 8.16. The van der Waals surface area contributed by atoms with Crippen LogP contribution in [0.2, 0.25) is 0 Å². The molecular formula is C12H12BrFN2S. The second kappa shape index (κ2) is 5.71. The molecule has 1 heterocycles. The molecule has 17 heavy (non-hydrogen) atoms. The maximum Gasteiger partial charge on any atom is 0.137 e. The second-order valence-electron chi connectivity index (χ2n) is 3.67. The number of halogens is 2. The molecular weight excluding hydrogens is 303 g/mol. The molecule has 0 aliphatic rings. The molecule has 0 saturated heterocycles. The highest BCUT2D eigenvalue weighted by molar-refractivity contribution is 9.10. The van der Waals surface area contributed by atoms with Crippen LogP contribution in [-0.4, -0.2) is 4.98 Å². The summed E-state index contributed by atoms with van der Waals surface area (Å²) in [6, 6.07) is 5.05. The quantitative estimate of drug-likeness (QED) is 0.932. The molecule has 5 heteroatoms. The van der Waals surface area contributed by atoms with E-state index in [-0.39, 0.29) is 5.82 Å². The van der Waals surface area contributed by atoms with Gasteiger partial charge in [0.1, 0.15) is 5.82 Å². The maximum atomic E-state index is 13.2. The number of aryl methyl sites for hydroxylation is 1. The summed E-state index contributed by atoms with van der Waals surface area (Å²) in [7, 11) is 0. The average Bonchev–Trinajstić information content (AvgIpc) is 2.70. The first-order valence-electron chi connectivity index (χ1n) is 5.21. The molecule has 0 unspecified atom stereocenters. The van der Waals surface area contributed by atoms with Crippen LogP contribution >= 0.6 is 27.3 Å². The smallest absolute Gasteiger partial charge is 0.137 e. The largest absolute Gasteiger partial charge is 0.307 e. The Bertz CT molecular complexity index is 513. The van der Waals surface area contributed by atoms with E-state index >= 15 is 0 Å². The number of nitrogens with zero attached hydrogens (tertiary/aromatic N) is 1. The molecule has 0 amide bonds. The minimum Gasteiger partial charge on any atom is -0.307 e. The summed E-state index contributed by atoms with van der Waals surface area (Å²) in [5.41, 5.74) is 1.94. The fraction of sp³-hybridized carbons (Fsp3) is 0.250. The first kappa shape index (κ1) is 12.7. The summed E-state index contributed by atoms with van der Waals surface area (Å²) in [6.07, 6.45) is 0. The van der Waals surface area contributed by atoms with Crippen LogP contribution in [-0.2, 0) is 13.1 Å². The van der Waals surface area contributed by atoms with Crippen molar-refractivity contribution >= 4 is 27.3 Å². The summed E-state index contributed by atoms with van der Waals surface area (Å²) in [5, 5.41) is 6.34. The van der Waals surface area contributed by atoms with Gasteiger partial charge >= 0.3 is 0 Å². The van der Waals surface area contributed by atoms with Crippen molar-refractivity contribution in [2.75, 3.05) is 0 Å². The molecule has 1 aromatic carbocycles. The molecule has 2 rings (SSSR count). The van der Waals surface area contributed by atoms with Gasteiger partial charge in [-0.25, -0.2) is 9.37 Å². The molecule has 0 fully saturated rings. The van der Waals surface area contributed by atoms with E-state index in [9.17, 15) is 4.39 Å². The zero-order chi connectivity index (χ0) is 12.3. The number of hydrogen-bond acceptors (Lipinski definition) is 3. The van der Waals surface area contributed by atoms with Crippen molar-refractivity contribution in [1.82, 2.24) is 10.3 Å². The Hall–Kier alpha value is -0.780. The topological polar surface area (TPSA) is 24.9 Å². The predicted octanol–water partition coefficient (Wildman–Crippen LogP) is 3.64. The van der Waals surface area contributed by atoms with Crippen molar-refractivity contribution in [3.8, 4) is 0 Å². The molecule has 0 spiro atoms. The minimum atomic E-state index is -0.228. The van der Waals surface area contributed by atoms with Crippen molar-refractivity contribution in [1.29, 1.82) is 0 Å². The number of rotatable bonds is 4. The lowest BCUT2D eigenvalue weighted by Crippen LogP contribution is -2.13. The van der Waals surface area contributed by atoms with Crippen LogP contribution in [0.1, 0.15) is 16.3 Å². The third kappa shape index (κ3) is 3.34. The molecule has 2 nitrogen and oxygen atoms in total. The Morgan fingerprint density at radius 2 is 2.24 bits per heavy atom. The second-order valence-corrected chi connectivity index (χ2v) is 5.53. The van der Waals surface area contributed by atoms with E-state index in [1.807, 2.05) is 18.4 Å². The number of nitrogens with one attached hydrogen (secondary N) is 1. The van der Waals surface area contributed by atoms with Gasteiger partial charge in [-0.3, -0.25) is 0 Å². The van der Waals surface area contributed by atoms with Crippen LogP contribution in [0, 0.1) is 12.7 Å². The molecule has 2 aromatic rings. The van der Waals surface area contributed by atoms with Gasteiger partial charge in [-0.1, -0.05) is 12.1 Å². The molecule has 0 aliphatic heterocycles. The van der Waals surface area contributed by atoms with E-state index in [2.05, 4.69) is 26.2 Å². The summed E-state index contributed by atoms with van der Waals surface area (Å²) >= 11 is 4.88. The average molecular weight is 315 g/mol. The fourth-order valence-corrected chi connectivity index (χ4v) is 2.52. The van der Waals surface area contributed by atoms with Crippen LogP contribution < -0.4 is 5.32 Å². The predicted molar refractivity (Wildman–Crippen MR) is 71.5 cm³/mol. The van der Waals surface area contributed by atoms with E-state index in [0.29, 0.717) is 17.6 Å². The lowest BCUT2D eigenvalue weighted by Gasteiger charge is -2.06. The van der Waals surface area contributed by atoms with Crippen LogP contribution in [0.3, 0.4) is 0 Å². The van der Waals surface area contributed by atoms with Crippen LogP contribution in [0.15, 0.2) is 28.1 Å². The van der Waals surface area contributed by atoms with Crippen molar-refractivity contribution in [2.45, 2.75) is 20.0 Å². The highest BCUT2D eigenvalue weighted by atomic mass is 79.9. The van der Waals surface area contributed by atoms with Crippen molar-refractivity contribution in [3.63, 3.8) is 0 Å². The van der Waals surface area contributed by atoms with Gasteiger partial charge < -0.3 is 5.32 Å². The Morgan fingerprint density at radius 1 is 1.41 bits per heavy atom. The normalized spacial score (nSPS) is 10.8. The molecule has 0 saturated carbocycles. The van der Waals surface area contributed by atoms with Gasteiger partial charge in [-0.05, 0) is 34.5 Å². The summed E-state index contributed by atoms with van der Waals surface area (Å²) in [5.74, 6) is -0.228. The van der Waals surface area contributed by atoms with E-state index in [1.165, 1.54) is 6.07 Å². The highest BCUT2D eigenvalue weighted by Gasteiger charge is 2.04.